The van der Waals surface area contributed by atoms with Gasteiger partial charge in [0.1, 0.15) is 0 Å². The summed E-state index contributed by atoms with van der Waals surface area (Å²) < 4.78 is 0. The van der Waals surface area contributed by atoms with Crippen LogP contribution in [0.4, 0.5) is 0 Å². The first-order valence-corrected chi connectivity index (χ1v) is 5.92. The van der Waals surface area contributed by atoms with Crippen molar-refractivity contribution in [1.82, 2.24) is 4.90 Å². The Morgan fingerprint density at radius 2 is 1.57 bits per heavy atom. The number of hydrogen-bond donors (Lipinski definition) is 1. The number of nitrogens with zero attached hydrogens (tertiary/aromatic N) is 1. The Kier molecular flexibility index (Phi) is 5.68. The van der Waals surface area contributed by atoms with Gasteiger partial charge in [-0.15, -0.1) is 0 Å². The largest absolute Gasteiger partial charge is 0.326 e. The molecule has 0 rings (SSSR count). The fourth-order valence-electron chi connectivity index (χ4n) is 2.20. The first-order chi connectivity index (χ1) is 6.41. The zero-order valence-corrected chi connectivity index (χ0v) is 10.8. The summed E-state index contributed by atoms with van der Waals surface area (Å²) in [6.45, 7) is 15.5. The number of rotatable bonds is 6. The van der Waals surface area contributed by atoms with Gasteiger partial charge in [-0.05, 0) is 32.9 Å². The molecule has 0 bridgehead atoms. The highest BCUT2D eigenvalue weighted by atomic mass is 15.2. The molecule has 0 spiro atoms. The summed E-state index contributed by atoms with van der Waals surface area (Å²) in [6.07, 6.45) is 1.16. The third kappa shape index (κ3) is 2.96. The highest BCUT2D eigenvalue weighted by Crippen LogP contribution is 2.23. The van der Waals surface area contributed by atoms with Crippen molar-refractivity contribution < 1.29 is 0 Å². The predicted molar refractivity (Wildman–Crippen MR) is 64.4 cm³/mol. The average molecular weight is 200 g/mol. The lowest BCUT2D eigenvalue weighted by Gasteiger charge is -2.44. The van der Waals surface area contributed by atoms with Gasteiger partial charge in [0, 0.05) is 11.6 Å². The Morgan fingerprint density at radius 1 is 1.14 bits per heavy atom. The van der Waals surface area contributed by atoms with Gasteiger partial charge in [0.05, 0.1) is 0 Å². The fraction of sp³-hybridized carbons (Fsp3) is 1.00. The predicted octanol–water partition coefficient (Wildman–Crippen LogP) is 2.48. The van der Waals surface area contributed by atoms with E-state index in [-0.39, 0.29) is 11.6 Å². The van der Waals surface area contributed by atoms with E-state index in [1.807, 2.05) is 0 Å². The second-order valence-electron chi connectivity index (χ2n) is 4.74. The van der Waals surface area contributed by atoms with Crippen molar-refractivity contribution in [3.05, 3.63) is 0 Å². The molecule has 14 heavy (non-hydrogen) atoms. The minimum atomic E-state index is 0.110. The molecule has 0 aromatic rings. The van der Waals surface area contributed by atoms with Crippen LogP contribution in [0.5, 0.6) is 0 Å². The van der Waals surface area contributed by atoms with E-state index in [1.165, 1.54) is 0 Å². The molecule has 2 N–H and O–H groups in total. The van der Waals surface area contributed by atoms with Crippen molar-refractivity contribution in [2.75, 3.05) is 13.1 Å². The van der Waals surface area contributed by atoms with Gasteiger partial charge in [0.15, 0.2) is 0 Å². The Balaban J connectivity index is 4.56. The number of hydrogen-bond acceptors (Lipinski definition) is 2. The second-order valence-corrected chi connectivity index (χ2v) is 4.74. The van der Waals surface area contributed by atoms with Crippen molar-refractivity contribution in [3.8, 4) is 0 Å². The highest BCUT2D eigenvalue weighted by Gasteiger charge is 2.33. The topological polar surface area (TPSA) is 29.3 Å². The SMILES string of the molecule is CCC(C)C(N)C(C)(C)N(CC)CC. The molecule has 0 heterocycles. The standard InChI is InChI=1S/C12H28N2/c1-7-10(4)11(13)12(5,6)14(8-2)9-3/h10-11H,7-9,13H2,1-6H3. The van der Waals surface area contributed by atoms with Crippen molar-refractivity contribution in [1.29, 1.82) is 0 Å². The van der Waals surface area contributed by atoms with Crippen LogP contribution < -0.4 is 5.73 Å². The Labute approximate surface area is 89.9 Å². The Hall–Kier alpha value is -0.0800. The third-order valence-corrected chi connectivity index (χ3v) is 3.65. The minimum Gasteiger partial charge on any atom is -0.326 e. The summed E-state index contributed by atoms with van der Waals surface area (Å²) in [5, 5.41) is 0. The summed E-state index contributed by atoms with van der Waals surface area (Å²) in [7, 11) is 0. The third-order valence-electron chi connectivity index (χ3n) is 3.65. The van der Waals surface area contributed by atoms with Gasteiger partial charge in [0.2, 0.25) is 0 Å². The van der Waals surface area contributed by atoms with Gasteiger partial charge in [-0.25, -0.2) is 0 Å². The van der Waals surface area contributed by atoms with Crippen LogP contribution in [-0.2, 0) is 0 Å². The van der Waals surface area contributed by atoms with Gasteiger partial charge in [-0.1, -0.05) is 34.1 Å². The monoisotopic (exact) mass is 200 g/mol. The summed E-state index contributed by atoms with van der Waals surface area (Å²) in [6, 6.07) is 0.257. The van der Waals surface area contributed by atoms with Crippen LogP contribution in [0.25, 0.3) is 0 Å². The van der Waals surface area contributed by atoms with Crippen LogP contribution in [0.1, 0.15) is 48.0 Å². The fourth-order valence-corrected chi connectivity index (χ4v) is 2.20. The maximum Gasteiger partial charge on any atom is 0.0306 e. The lowest BCUT2D eigenvalue weighted by atomic mass is 9.83. The van der Waals surface area contributed by atoms with E-state index in [0.717, 1.165) is 19.5 Å². The molecule has 0 saturated heterocycles. The molecule has 0 amide bonds. The van der Waals surface area contributed by atoms with Crippen molar-refractivity contribution in [2.45, 2.75) is 59.5 Å². The minimum absolute atomic E-state index is 0.110. The summed E-state index contributed by atoms with van der Waals surface area (Å²) in [5.41, 5.74) is 6.43. The second kappa shape index (κ2) is 5.72. The average Bonchev–Trinajstić information content (AvgIpc) is 2.16. The Bertz CT molecular complexity index is 150. The van der Waals surface area contributed by atoms with E-state index in [0.29, 0.717) is 5.92 Å². The molecule has 0 fully saturated rings. The van der Waals surface area contributed by atoms with Crippen LogP contribution in [0.15, 0.2) is 0 Å². The van der Waals surface area contributed by atoms with E-state index >= 15 is 0 Å². The summed E-state index contributed by atoms with van der Waals surface area (Å²) >= 11 is 0. The van der Waals surface area contributed by atoms with Gasteiger partial charge < -0.3 is 5.73 Å². The van der Waals surface area contributed by atoms with E-state index in [2.05, 4.69) is 46.4 Å². The molecule has 2 atom stereocenters. The number of nitrogens with two attached hydrogens (primary N) is 1. The summed E-state index contributed by atoms with van der Waals surface area (Å²) in [5.74, 6) is 0.589. The molecular formula is C12H28N2. The van der Waals surface area contributed by atoms with E-state index in [9.17, 15) is 0 Å². The first-order valence-electron chi connectivity index (χ1n) is 5.92. The van der Waals surface area contributed by atoms with E-state index < -0.39 is 0 Å². The van der Waals surface area contributed by atoms with Crippen LogP contribution >= 0.6 is 0 Å². The Morgan fingerprint density at radius 3 is 1.86 bits per heavy atom. The molecule has 0 aromatic heterocycles. The smallest absolute Gasteiger partial charge is 0.0306 e. The van der Waals surface area contributed by atoms with Gasteiger partial charge in [-0.3, -0.25) is 4.90 Å². The molecule has 0 aliphatic carbocycles. The van der Waals surface area contributed by atoms with Crippen LogP contribution in [0.3, 0.4) is 0 Å². The van der Waals surface area contributed by atoms with Crippen LogP contribution in [0.2, 0.25) is 0 Å². The van der Waals surface area contributed by atoms with Crippen molar-refractivity contribution in [3.63, 3.8) is 0 Å². The highest BCUT2D eigenvalue weighted by molar-refractivity contribution is 4.93. The van der Waals surface area contributed by atoms with Gasteiger partial charge >= 0.3 is 0 Å². The van der Waals surface area contributed by atoms with Gasteiger partial charge in [-0.2, -0.15) is 0 Å². The molecule has 0 aliphatic heterocycles. The van der Waals surface area contributed by atoms with E-state index in [4.69, 9.17) is 5.73 Å². The molecule has 2 unspecified atom stereocenters. The van der Waals surface area contributed by atoms with Crippen molar-refractivity contribution >= 4 is 0 Å². The molecule has 86 valence electrons. The van der Waals surface area contributed by atoms with Crippen molar-refractivity contribution in [2.24, 2.45) is 11.7 Å². The molecule has 0 saturated carbocycles. The van der Waals surface area contributed by atoms with Gasteiger partial charge in [0.25, 0.3) is 0 Å². The molecule has 0 aliphatic rings. The maximum absolute atomic E-state index is 6.32. The van der Waals surface area contributed by atoms with Crippen LogP contribution in [0, 0.1) is 5.92 Å². The molecule has 0 radical (unpaired) electrons. The summed E-state index contributed by atoms with van der Waals surface area (Å²) in [4.78, 5) is 2.45. The quantitative estimate of drug-likeness (QED) is 0.714. The molecule has 2 nitrogen and oxygen atoms in total. The first kappa shape index (κ1) is 13.9. The molecular weight excluding hydrogens is 172 g/mol. The number of likely N-dealkylation sites (N-methyl/N-ethyl adjacent to an activating group) is 1. The van der Waals surface area contributed by atoms with E-state index in [1.54, 1.807) is 0 Å². The normalized spacial score (nSPS) is 17.1. The zero-order valence-electron chi connectivity index (χ0n) is 10.8. The zero-order chi connectivity index (χ0) is 11.4. The maximum atomic E-state index is 6.32. The lowest BCUT2D eigenvalue weighted by Crippen LogP contribution is -2.58. The lowest BCUT2D eigenvalue weighted by molar-refractivity contribution is 0.0850. The molecule has 0 aromatic carbocycles. The molecule has 2 heteroatoms. The van der Waals surface area contributed by atoms with Crippen LogP contribution in [-0.4, -0.2) is 29.6 Å².